The van der Waals surface area contributed by atoms with Gasteiger partial charge in [0.2, 0.25) is 5.82 Å². The van der Waals surface area contributed by atoms with E-state index in [1.54, 1.807) is 11.6 Å². The van der Waals surface area contributed by atoms with Gasteiger partial charge in [0.15, 0.2) is 0 Å². The summed E-state index contributed by atoms with van der Waals surface area (Å²) in [5, 5.41) is 19.0. The number of hydrogen-bond acceptors (Lipinski definition) is 4. The second-order valence-electron chi connectivity index (χ2n) is 6.01. The maximum Gasteiger partial charge on any atom is 0.333 e. The van der Waals surface area contributed by atoms with Gasteiger partial charge >= 0.3 is 5.69 Å². The fourth-order valence-electron chi connectivity index (χ4n) is 2.54. The van der Waals surface area contributed by atoms with Crippen molar-refractivity contribution in [1.29, 1.82) is 0 Å². The summed E-state index contributed by atoms with van der Waals surface area (Å²) in [4.78, 5) is 11.0. The molecular formula is C14H24N4O2. The van der Waals surface area contributed by atoms with Crippen molar-refractivity contribution in [2.24, 2.45) is 5.92 Å². The Morgan fingerprint density at radius 2 is 2.15 bits per heavy atom. The molecule has 2 rings (SSSR count). The van der Waals surface area contributed by atoms with Crippen LogP contribution >= 0.6 is 0 Å². The SMILES string of the molecule is CCC(CC1CC1)Nc1c([N+](=O)[O-])c(C)nn1C(C)C. The minimum atomic E-state index is -0.326. The van der Waals surface area contributed by atoms with Crippen molar-refractivity contribution in [3.05, 3.63) is 15.8 Å². The van der Waals surface area contributed by atoms with Gasteiger partial charge in [-0.2, -0.15) is 5.10 Å². The number of aromatic nitrogens is 2. The molecule has 1 saturated carbocycles. The van der Waals surface area contributed by atoms with E-state index in [1.807, 2.05) is 13.8 Å². The highest BCUT2D eigenvalue weighted by atomic mass is 16.6. The van der Waals surface area contributed by atoms with E-state index in [1.165, 1.54) is 12.8 Å². The topological polar surface area (TPSA) is 73.0 Å². The van der Waals surface area contributed by atoms with E-state index in [0.29, 0.717) is 11.5 Å². The summed E-state index contributed by atoms with van der Waals surface area (Å²) in [5.74, 6) is 1.36. The maximum absolute atomic E-state index is 11.3. The molecule has 1 aromatic heterocycles. The second-order valence-corrected chi connectivity index (χ2v) is 6.01. The molecule has 6 nitrogen and oxygen atoms in total. The van der Waals surface area contributed by atoms with Gasteiger partial charge in [0.05, 0.1) is 4.92 Å². The van der Waals surface area contributed by atoms with Crippen molar-refractivity contribution in [2.75, 3.05) is 5.32 Å². The third-order valence-corrected chi connectivity index (χ3v) is 3.87. The highest BCUT2D eigenvalue weighted by molar-refractivity contribution is 5.60. The molecule has 20 heavy (non-hydrogen) atoms. The molecule has 0 spiro atoms. The Balaban J connectivity index is 2.28. The molecule has 0 aromatic carbocycles. The Morgan fingerprint density at radius 3 is 2.60 bits per heavy atom. The predicted molar refractivity (Wildman–Crippen MR) is 79.0 cm³/mol. The zero-order chi connectivity index (χ0) is 14.9. The van der Waals surface area contributed by atoms with Crippen LogP contribution in [0.2, 0.25) is 0 Å². The van der Waals surface area contributed by atoms with Gasteiger partial charge in [-0.1, -0.05) is 19.8 Å². The Morgan fingerprint density at radius 1 is 1.50 bits per heavy atom. The van der Waals surface area contributed by atoms with Crippen LogP contribution in [0.15, 0.2) is 0 Å². The Bertz CT molecular complexity index is 492. The van der Waals surface area contributed by atoms with E-state index < -0.39 is 0 Å². The summed E-state index contributed by atoms with van der Waals surface area (Å²) in [6.07, 6.45) is 4.65. The van der Waals surface area contributed by atoms with Gasteiger partial charge in [-0.3, -0.25) is 10.1 Å². The largest absolute Gasteiger partial charge is 0.362 e. The lowest BCUT2D eigenvalue weighted by Crippen LogP contribution is -2.22. The van der Waals surface area contributed by atoms with E-state index in [0.717, 1.165) is 18.8 Å². The van der Waals surface area contributed by atoms with Gasteiger partial charge in [0, 0.05) is 12.1 Å². The Labute approximate surface area is 119 Å². The minimum Gasteiger partial charge on any atom is -0.362 e. The highest BCUT2D eigenvalue weighted by Crippen LogP contribution is 2.37. The van der Waals surface area contributed by atoms with Crippen LogP contribution in [-0.2, 0) is 0 Å². The van der Waals surface area contributed by atoms with Crippen LogP contribution in [0.5, 0.6) is 0 Å². The van der Waals surface area contributed by atoms with Gasteiger partial charge in [-0.05, 0) is 39.5 Å². The fourth-order valence-corrected chi connectivity index (χ4v) is 2.54. The molecule has 1 fully saturated rings. The molecule has 1 aromatic rings. The van der Waals surface area contributed by atoms with Crippen LogP contribution in [-0.4, -0.2) is 20.7 Å². The molecule has 112 valence electrons. The number of hydrogen-bond donors (Lipinski definition) is 1. The monoisotopic (exact) mass is 280 g/mol. The number of rotatable bonds is 7. The first kappa shape index (κ1) is 14.8. The number of nitrogens with one attached hydrogen (secondary N) is 1. The van der Waals surface area contributed by atoms with E-state index in [9.17, 15) is 10.1 Å². The normalized spacial score (nSPS) is 16.4. The number of anilines is 1. The van der Waals surface area contributed by atoms with Gasteiger partial charge < -0.3 is 5.32 Å². The molecule has 0 bridgehead atoms. The minimum absolute atomic E-state index is 0.100. The molecule has 1 atom stereocenters. The molecule has 1 aliphatic carbocycles. The molecule has 0 aliphatic heterocycles. The average Bonchev–Trinajstić information content (AvgIpc) is 3.11. The van der Waals surface area contributed by atoms with Gasteiger partial charge in [-0.15, -0.1) is 0 Å². The molecule has 0 amide bonds. The molecule has 1 N–H and O–H groups in total. The molecular weight excluding hydrogens is 256 g/mol. The molecule has 1 unspecified atom stereocenters. The lowest BCUT2D eigenvalue weighted by molar-refractivity contribution is -0.384. The van der Waals surface area contributed by atoms with E-state index in [4.69, 9.17) is 0 Å². The standard InChI is InChI=1S/C14H24N4O2/c1-5-12(8-11-6-7-11)15-14-13(18(19)20)10(4)16-17(14)9(2)3/h9,11-12,15H,5-8H2,1-4H3. The third-order valence-electron chi connectivity index (χ3n) is 3.87. The first-order valence-electron chi connectivity index (χ1n) is 7.44. The summed E-state index contributed by atoms with van der Waals surface area (Å²) in [6, 6.07) is 0.387. The summed E-state index contributed by atoms with van der Waals surface area (Å²) in [5.41, 5.74) is 0.598. The van der Waals surface area contributed by atoms with Crippen LogP contribution < -0.4 is 5.32 Å². The smallest absolute Gasteiger partial charge is 0.333 e. The predicted octanol–water partition coefficient (Wildman–Crippen LogP) is 3.67. The van der Waals surface area contributed by atoms with Gasteiger partial charge in [0.1, 0.15) is 5.69 Å². The summed E-state index contributed by atoms with van der Waals surface area (Å²) in [7, 11) is 0. The number of aryl methyl sites for hydroxylation is 1. The van der Waals surface area contributed by atoms with Crippen molar-refractivity contribution in [3.63, 3.8) is 0 Å². The zero-order valence-corrected chi connectivity index (χ0v) is 12.7. The molecule has 0 saturated heterocycles. The molecule has 1 heterocycles. The average molecular weight is 280 g/mol. The first-order valence-corrected chi connectivity index (χ1v) is 7.44. The van der Waals surface area contributed by atoms with Gasteiger partial charge in [-0.25, -0.2) is 4.68 Å². The fraction of sp³-hybridized carbons (Fsp3) is 0.786. The van der Waals surface area contributed by atoms with Crippen LogP contribution in [0.25, 0.3) is 0 Å². The quantitative estimate of drug-likeness (QED) is 0.611. The Kier molecular flexibility index (Phi) is 4.30. The van der Waals surface area contributed by atoms with Crippen molar-refractivity contribution in [3.8, 4) is 0 Å². The van der Waals surface area contributed by atoms with E-state index >= 15 is 0 Å². The van der Waals surface area contributed by atoms with Crippen molar-refractivity contribution in [2.45, 2.75) is 65.5 Å². The maximum atomic E-state index is 11.3. The van der Waals surface area contributed by atoms with Crippen molar-refractivity contribution < 1.29 is 4.92 Å². The zero-order valence-electron chi connectivity index (χ0n) is 12.7. The molecule has 6 heteroatoms. The lowest BCUT2D eigenvalue weighted by Gasteiger charge is -2.19. The lowest BCUT2D eigenvalue weighted by atomic mass is 10.1. The van der Waals surface area contributed by atoms with Crippen molar-refractivity contribution in [1.82, 2.24) is 9.78 Å². The van der Waals surface area contributed by atoms with Gasteiger partial charge in [0.25, 0.3) is 0 Å². The highest BCUT2D eigenvalue weighted by Gasteiger charge is 2.30. The van der Waals surface area contributed by atoms with Crippen LogP contribution in [0.4, 0.5) is 11.5 Å². The van der Waals surface area contributed by atoms with Crippen LogP contribution in [0, 0.1) is 23.0 Å². The summed E-state index contributed by atoms with van der Waals surface area (Å²) in [6.45, 7) is 7.80. The van der Waals surface area contributed by atoms with Crippen molar-refractivity contribution >= 4 is 11.5 Å². The Hall–Kier alpha value is -1.59. The second kappa shape index (κ2) is 5.81. The molecule has 1 aliphatic rings. The van der Waals surface area contributed by atoms with Crippen LogP contribution in [0.3, 0.4) is 0 Å². The number of nitro groups is 1. The van der Waals surface area contributed by atoms with Crippen LogP contribution in [0.1, 0.15) is 58.2 Å². The third kappa shape index (κ3) is 3.11. The molecule has 0 radical (unpaired) electrons. The first-order chi connectivity index (χ1) is 9.43. The number of nitrogens with zero attached hydrogens (tertiary/aromatic N) is 3. The summed E-state index contributed by atoms with van der Waals surface area (Å²) < 4.78 is 1.74. The van der Waals surface area contributed by atoms with E-state index in [2.05, 4.69) is 17.3 Å². The summed E-state index contributed by atoms with van der Waals surface area (Å²) >= 11 is 0. The van der Waals surface area contributed by atoms with E-state index in [-0.39, 0.29) is 22.7 Å².